The van der Waals surface area contributed by atoms with Crippen molar-refractivity contribution in [2.24, 2.45) is 0 Å². The van der Waals surface area contributed by atoms with Gasteiger partial charge in [0.1, 0.15) is 12.2 Å². The summed E-state index contributed by atoms with van der Waals surface area (Å²) in [6, 6.07) is 1.37. The molecule has 0 bridgehead atoms. The van der Waals surface area contributed by atoms with E-state index in [2.05, 4.69) is 29.2 Å². The summed E-state index contributed by atoms with van der Waals surface area (Å²) < 4.78 is 1.18. The lowest BCUT2D eigenvalue weighted by Gasteiger charge is -2.17. The monoisotopic (exact) mass is 282 g/mol. The molecule has 1 amide bonds. The number of nitrogens with zero attached hydrogens (tertiary/aromatic N) is 3. The summed E-state index contributed by atoms with van der Waals surface area (Å²) in [5.74, 6) is -1.31. The summed E-state index contributed by atoms with van der Waals surface area (Å²) >= 11 is 0. The third-order valence-corrected chi connectivity index (χ3v) is 3.10. The molecule has 0 aliphatic heterocycles. The van der Waals surface area contributed by atoms with Gasteiger partial charge in [0.25, 0.3) is 0 Å². The second-order valence-electron chi connectivity index (χ2n) is 4.41. The fourth-order valence-electron chi connectivity index (χ4n) is 1.90. The zero-order valence-corrected chi connectivity index (χ0v) is 12.0. The fraction of sp³-hybridized carbons (Fsp3) is 0.615. The number of aromatic carboxylic acids is 1. The van der Waals surface area contributed by atoms with Crippen LogP contribution in [0.4, 0.5) is 0 Å². The van der Waals surface area contributed by atoms with Gasteiger partial charge in [0, 0.05) is 12.7 Å². The lowest BCUT2D eigenvalue weighted by atomic mass is 10.3. The minimum absolute atomic E-state index is 0.0169. The van der Waals surface area contributed by atoms with Gasteiger partial charge in [0.2, 0.25) is 5.91 Å². The predicted molar refractivity (Wildman–Crippen MR) is 74.6 cm³/mol. The van der Waals surface area contributed by atoms with Crippen LogP contribution in [0.15, 0.2) is 12.3 Å². The van der Waals surface area contributed by atoms with Crippen molar-refractivity contribution in [3.05, 3.63) is 18.0 Å². The van der Waals surface area contributed by atoms with Crippen molar-refractivity contribution in [3.8, 4) is 0 Å². The predicted octanol–water partition coefficient (Wildman–Crippen LogP) is 0.429. The molecule has 0 saturated heterocycles. The molecule has 0 aliphatic carbocycles. The van der Waals surface area contributed by atoms with Crippen LogP contribution in [0.3, 0.4) is 0 Å². The second kappa shape index (κ2) is 8.31. The van der Waals surface area contributed by atoms with Gasteiger partial charge in [-0.3, -0.25) is 4.79 Å². The molecule has 1 heterocycles. The molecule has 7 nitrogen and oxygen atoms in total. The summed E-state index contributed by atoms with van der Waals surface area (Å²) in [6.45, 7) is 7.66. The molecule has 0 saturated carbocycles. The lowest BCUT2D eigenvalue weighted by Crippen LogP contribution is -2.32. The number of rotatable bonds is 9. The maximum absolute atomic E-state index is 11.7. The average Bonchev–Trinajstić information content (AvgIpc) is 2.87. The van der Waals surface area contributed by atoms with E-state index in [1.165, 1.54) is 16.9 Å². The van der Waals surface area contributed by atoms with Crippen molar-refractivity contribution >= 4 is 11.9 Å². The first-order chi connectivity index (χ1) is 9.58. The normalized spacial score (nSPS) is 10.8. The molecule has 0 atom stereocenters. The first-order valence-electron chi connectivity index (χ1n) is 6.82. The summed E-state index contributed by atoms with van der Waals surface area (Å²) in [5.41, 5.74) is 0.0169. The molecule has 0 fully saturated rings. The van der Waals surface area contributed by atoms with E-state index in [-0.39, 0.29) is 18.1 Å². The Balaban J connectivity index is 2.30. The number of nitrogens with one attached hydrogen (secondary N) is 1. The van der Waals surface area contributed by atoms with Crippen LogP contribution in [0.25, 0.3) is 0 Å². The number of carboxylic acid groups (broad SMARTS) is 1. The van der Waals surface area contributed by atoms with Gasteiger partial charge in [-0.05, 0) is 32.1 Å². The van der Waals surface area contributed by atoms with Crippen molar-refractivity contribution in [2.45, 2.75) is 26.8 Å². The summed E-state index contributed by atoms with van der Waals surface area (Å²) in [4.78, 5) is 24.8. The third kappa shape index (κ3) is 5.00. The van der Waals surface area contributed by atoms with Crippen LogP contribution in [-0.2, 0) is 11.3 Å². The van der Waals surface area contributed by atoms with Crippen LogP contribution >= 0.6 is 0 Å². The Labute approximate surface area is 118 Å². The Hall–Kier alpha value is -1.89. The number of hydrogen-bond donors (Lipinski definition) is 2. The molecule has 112 valence electrons. The van der Waals surface area contributed by atoms with Crippen LogP contribution in [0.5, 0.6) is 0 Å². The molecule has 1 rings (SSSR count). The van der Waals surface area contributed by atoms with E-state index in [9.17, 15) is 9.59 Å². The fourth-order valence-corrected chi connectivity index (χ4v) is 1.90. The zero-order chi connectivity index (χ0) is 15.0. The average molecular weight is 282 g/mol. The van der Waals surface area contributed by atoms with Gasteiger partial charge in [-0.1, -0.05) is 13.8 Å². The minimum Gasteiger partial charge on any atom is -0.477 e. The molecule has 0 spiro atoms. The van der Waals surface area contributed by atoms with E-state index >= 15 is 0 Å². The van der Waals surface area contributed by atoms with Gasteiger partial charge >= 0.3 is 5.97 Å². The third-order valence-electron chi connectivity index (χ3n) is 3.10. The molecular weight excluding hydrogens is 260 g/mol. The van der Waals surface area contributed by atoms with Crippen molar-refractivity contribution in [3.63, 3.8) is 0 Å². The lowest BCUT2D eigenvalue weighted by molar-refractivity contribution is -0.121. The first-order valence-corrected chi connectivity index (χ1v) is 6.82. The standard InChI is InChI=1S/C13H22N4O3/c1-3-16(4-2)9-5-7-14-12(18)10-17-11(13(19)20)6-8-15-17/h6,8H,3-5,7,9-10H2,1-2H3,(H,14,18)(H,19,20). The highest BCUT2D eigenvalue weighted by Gasteiger charge is 2.12. The van der Waals surface area contributed by atoms with Gasteiger partial charge in [-0.2, -0.15) is 5.10 Å². The zero-order valence-electron chi connectivity index (χ0n) is 12.0. The highest BCUT2D eigenvalue weighted by molar-refractivity contribution is 5.86. The summed E-state index contributed by atoms with van der Waals surface area (Å²) in [6.07, 6.45) is 2.25. The molecule has 0 radical (unpaired) electrons. The smallest absolute Gasteiger partial charge is 0.354 e. The highest BCUT2D eigenvalue weighted by Crippen LogP contribution is 1.98. The molecule has 0 unspecified atom stereocenters. The van der Waals surface area contributed by atoms with Gasteiger partial charge in [-0.25, -0.2) is 9.48 Å². The second-order valence-corrected chi connectivity index (χ2v) is 4.41. The molecular formula is C13H22N4O3. The Kier molecular flexibility index (Phi) is 6.72. The Morgan fingerprint density at radius 3 is 2.70 bits per heavy atom. The summed E-state index contributed by atoms with van der Waals surface area (Å²) in [5, 5.41) is 15.5. The van der Waals surface area contributed by atoms with Crippen LogP contribution in [0, 0.1) is 0 Å². The Morgan fingerprint density at radius 1 is 1.40 bits per heavy atom. The van der Waals surface area contributed by atoms with Crippen LogP contribution in [0.2, 0.25) is 0 Å². The topological polar surface area (TPSA) is 87.5 Å². The van der Waals surface area contributed by atoms with Crippen LogP contribution in [-0.4, -0.2) is 57.8 Å². The van der Waals surface area contributed by atoms with Crippen LogP contribution < -0.4 is 5.32 Å². The number of hydrogen-bond acceptors (Lipinski definition) is 4. The molecule has 1 aromatic heterocycles. The molecule has 1 aromatic rings. The minimum atomic E-state index is -1.09. The first kappa shape index (κ1) is 16.2. The van der Waals surface area contributed by atoms with E-state index in [0.29, 0.717) is 6.54 Å². The number of carbonyl (C=O) groups excluding carboxylic acids is 1. The number of aromatic nitrogens is 2. The molecule has 2 N–H and O–H groups in total. The molecule has 0 aliphatic rings. The SMILES string of the molecule is CCN(CC)CCCNC(=O)Cn1nccc1C(=O)O. The van der Waals surface area contributed by atoms with E-state index in [1.807, 2.05) is 0 Å². The maximum Gasteiger partial charge on any atom is 0.354 e. The number of amides is 1. The van der Waals surface area contributed by atoms with Gasteiger partial charge in [-0.15, -0.1) is 0 Å². The van der Waals surface area contributed by atoms with Crippen molar-refractivity contribution < 1.29 is 14.7 Å². The molecule has 20 heavy (non-hydrogen) atoms. The van der Waals surface area contributed by atoms with Gasteiger partial charge in [0.15, 0.2) is 0 Å². The van der Waals surface area contributed by atoms with E-state index < -0.39 is 5.97 Å². The maximum atomic E-state index is 11.7. The molecule has 0 aromatic carbocycles. The number of carboxylic acids is 1. The van der Waals surface area contributed by atoms with Gasteiger partial charge in [0.05, 0.1) is 0 Å². The van der Waals surface area contributed by atoms with Crippen molar-refractivity contribution in [2.75, 3.05) is 26.2 Å². The van der Waals surface area contributed by atoms with Crippen molar-refractivity contribution in [1.29, 1.82) is 0 Å². The Morgan fingerprint density at radius 2 is 2.10 bits per heavy atom. The van der Waals surface area contributed by atoms with E-state index in [4.69, 9.17) is 5.11 Å². The largest absolute Gasteiger partial charge is 0.477 e. The highest BCUT2D eigenvalue weighted by atomic mass is 16.4. The molecule has 7 heteroatoms. The summed E-state index contributed by atoms with van der Waals surface area (Å²) in [7, 11) is 0. The van der Waals surface area contributed by atoms with Gasteiger partial charge < -0.3 is 15.3 Å². The quantitative estimate of drug-likeness (QED) is 0.641. The number of carbonyl (C=O) groups is 2. The van der Waals surface area contributed by atoms with Crippen LogP contribution in [0.1, 0.15) is 30.8 Å². The van der Waals surface area contributed by atoms with E-state index in [0.717, 1.165) is 26.1 Å². The van der Waals surface area contributed by atoms with Crippen molar-refractivity contribution in [1.82, 2.24) is 20.0 Å². The van der Waals surface area contributed by atoms with E-state index in [1.54, 1.807) is 0 Å². The Bertz CT molecular complexity index is 441.